The maximum atomic E-state index is 4.69. The molecular weight excluding hydrogens is 286 g/mol. The van der Waals surface area contributed by atoms with E-state index in [-0.39, 0.29) is 0 Å². The maximum absolute atomic E-state index is 4.69. The molecule has 4 rings (SSSR count). The van der Waals surface area contributed by atoms with E-state index in [0.717, 1.165) is 30.1 Å². The van der Waals surface area contributed by atoms with Gasteiger partial charge in [-0.25, -0.2) is 9.50 Å². The lowest BCUT2D eigenvalue weighted by molar-refractivity contribution is 0.245. The van der Waals surface area contributed by atoms with Crippen molar-refractivity contribution in [1.29, 1.82) is 0 Å². The fourth-order valence-corrected chi connectivity index (χ4v) is 3.57. The summed E-state index contributed by atoms with van der Waals surface area (Å²) in [5.41, 5.74) is 5.51. The maximum Gasteiger partial charge on any atom is 0.159 e. The molecule has 118 valence electrons. The van der Waals surface area contributed by atoms with E-state index in [4.69, 9.17) is 4.98 Å². The number of rotatable bonds is 3. The molecule has 0 N–H and O–H groups in total. The van der Waals surface area contributed by atoms with Crippen LogP contribution < -0.4 is 0 Å². The van der Waals surface area contributed by atoms with Crippen molar-refractivity contribution < 1.29 is 0 Å². The number of likely N-dealkylation sites (tertiary alicyclic amines) is 1. The predicted octanol–water partition coefficient (Wildman–Crippen LogP) is 3.08. The van der Waals surface area contributed by atoms with Crippen molar-refractivity contribution in [2.24, 2.45) is 0 Å². The topological polar surface area (TPSA) is 46.3 Å². The van der Waals surface area contributed by atoms with Crippen molar-refractivity contribution in [3.05, 3.63) is 59.3 Å². The molecule has 23 heavy (non-hydrogen) atoms. The van der Waals surface area contributed by atoms with Gasteiger partial charge in [-0.1, -0.05) is 6.07 Å². The van der Waals surface area contributed by atoms with Crippen LogP contribution >= 0.6 is 0 Å². The SMILES string of the molecule is Cc1cc(C)n2ncc(CN3CCC[C@@H]3c3ccccn3)c2n1. The summed E-state index contributed by atoms with van der Waals surface area (Å²) in [4.78, 5) is 11.7. The number of nitrogens with zero attached hydrogens (tertiary/aromatic N) is 5. The van der Waals surface area contributed by atoms with E-state index in [9.17, 15) is 0 Å². The average molecular weight is 307 g/mol. The van der Waals surface area contributed by atoms with Crippen LogP contribution in [0.4, 0.5) is 0 Å². The summed E-state index contributed by atoms with van der Waals surface area (Å²) in [5.74, 6) is 0. The van der Waals surface area contributed by atoms with Crippen LogP contribution in [0.25, 0.3) is 5.65 Å². The molecule has 3 aromatic rings. The number of aryl methyl sites for hydroxylation is 2. The minimum atomic E-state index is 0.400. The molecule has 0 spiro atoms. The van der Waals surface area contributed by atoms with E-state index in [1.807, 2.05) is 29.9 Å². The van der Waals surface area contributed by atoms with Gasteiger partial charge >= 0.3 is 0 Å². The minimum absolute atomic E-state index is 0.400. The largest absolute Gasteiger partial charge is 0.290 e. The van der Waals surface area contributed by atoms with Gasteiger partial charge in [0, 0.05) is 29.7 Å². The number of hydrogen-bond acceptors (Lipinski definition) is 4. The van der Waals surface area contributed by atoms with Crippen molar-refractivity contribution in [3.8, 4) is 0 Å². The van der Waals surface area contributed by atoms with Gasteiger partial charge in [0.15, 0.2) is 5.65 Å². The molecule has 1 aliphatic rings. The fourth-order valence-electron chi connectivity index (χ4n) is 3.57. The molecule has 0 radical (unpaired) electrons. The molecule has 1 fully saturated rings. The zero-order valence-corrected chi connectivity index (χ0v) is 13.6. The molecule has 1 saturated heterocycles. The third-order valence-electron chi connectivity index (χ3n) is 4.62. The third-order valence-corrected chi connectivity index (χ3v) is 4.62. The Hall–Kier alpha value is -2.27. The van der Waals surface area contributed by atoms with E-state index in [2.05, 4.69) is 40.1 Å². The van der Waals surface area contributed by atoms with Crippen LogP contribution in [0, 0.1) is 13.8 Å². The van der Waals surface area contributed by atoms with Gasteiger partial charge in [0.1, 0.15) is 0 Å². The molecule has 1 atom stereocenters. The average Bonchev–Trinajstić information content (AvgIpc) is 3.16. The molecule has 0 amide bonds. The standard InChI is InChI=1S/C18H21N5/c1-13-10-14(2)23-18(21-13)15(11-20-23)12-22-9-5-7-17(22)16-6-3-4-8-19-16/h3-4,6,8,10-11,17H,5,7,9,12H2,1-2H3/t17-/m1/s1. The molecule has 0 aliphatic carbocycles. The lowest BCUT2D eigenvalue weighted by atomic mass is 10.1. The van der Waals surface area contributed by atoms with Crippen LogP contribution in [-0.2, 0) is 6.54 Å². The molecule has 0 unspecified atom stereocenters. The second-order valence-electron chi connectivity index (χ2n) is 6.33. The molecule has 5 heteroatoms. The first-order valence-electron chi connectivity index (χ1n) is 8.18. The van der Waals surface area contributed by atoms with Gasteiger partial charge in [-0.05, 0) is 51.4 Å². The molecule has 1 aliphatic heterocycles. The van der Waals surface area contributed by atoms with Gasteiger partial charge in [0.05, 0.1) is 17.9 Å². The number of fused-ring (bicyclic) bond motifs is 1. The summed E-state index contributed by atoms with van der Waals surface area (Å²) in [6, 6.07) is 8.64. The molecule has 3 aromatic heterocycles. The molecule has 0 bridgehead atoms. The quantitative estimate of drug-likeness (QED) is 0.746. The van der Waals surface area contributed by atoms with Gasteiger partial charge in [0.2, 0.25) is 0 Å². The van der Waals surface area contributed by atoms with Crippen LogP contribution in [0.2, 0.25) is 0 Å². The first kappa shape index (κ1) is 14.3. The van der Waals surface area contributed by atoms with Gasteiger partial charge < -0.3 is 0 Å². The fraction of sp³-hybridized carbons (Fsp3) is 0.389. The summed E-state index contributed by atoms with van der Waals surface area (Å²) >= 11 is 0. The second kappa shape index (κ2) is 5.74. The van der Waals surface area contributed by atoms with E-state index >= 15 is 0 Å². The normalized spacial score (nSPS) is 18.8. The Morgan fingerprint density at radius 2 is 2.17 bits per heavy atom. The lowest BCUT2D eigenvalue weighted by Gasteiger charge is -2.23. The van der Waals surface area contributed by atoms with Crippen molar-refractivity contribution in [2.45, 2.75) is 39.3 Å². The van der Waals surface area contributed by atoms with Crippen molar-refractivity contribution in [3.63, 3.8) is 0 Å². The Bertz CT molecular complexity index is 824. The monoisotopic (exact) mass is 307 g/mol. The van der Waals surface area contributed by atoms with Crippen LogP contribution in [0.5, 0.6) is 0 Å². The highest BCUT2D eigenvalue weighted by Crippen LogP contribution is 2.32. The summed E-state index contributed by atoms with van der Waals surface area (Å²) in [5, 5.41) is 4.51. The van der Waals surface area contributed by atoms with Crippen molar-refractivity contribution in [2.75, 3.05) is 6.54 Å². The van der Waals surface area contributed by atoms with Gasteiger partial charge in [-0.2, -0.15) is 5.10 Å². The van der Waals surface area contributed by atoms with Crippen LogP contribution in [0.3, 0.4) is 0 Å². The summed E-state index contributed by atoms with van der Waals surface area (Å²) < 4.78 is 1.94. The Labute approximate surface area is 136 Å². The number of aromatic nitrogens is 4. The first-order chi connectivity index (χ1) is 11.2. The molecule has 0 aromatic carbocycles. The Morgan fingerprint density at radius 3 is 3.00 bits per heavy atom. The Balaban J connectivity index is 1.65. The highest BCUT2D eigenvalue weighted by Gasteiger charge is 2.27. The first-order valence-corrected chi connectivity index (χ1v) is 8.18. The van der Waals surface area contributed by atoms with Crippen LogP contribution in [0.1, 0.15) is 41.5 Å². The lowest BCUT2D eigenvalue weighted by Crippen LogP contribution is -2.23. The summed E-state index contributed by atoms with van der Waals surface area (Å²) in [6.07, 6.45) is 6.23. The molecule has 0 saturated carbocycles. The molecule has 5 nitrogen and oxygen atoms in total. The molecule has 4 heterocycles. The van der Waals surface area contributed by atoms with E-state index in [1.54, 1.807) is 0 Å². The smallest absolute Gasteiger partial charge is 0.159 e. The number of pyridine rings is 1. The number of hydrogen-bond donors (Lipinski definition) is 0. The van der Waals surface area contributed by atoms with Gasteiger partial charge in [-0.15, -0.1) is 0 Å². The summed E-state index contributed by atoms with van der Waals surface area (Å²) in [6.45, 7) is 6.09. The zero-order valence-electron chi connectivity index (χ0n) is 13.6. The Morgan fingerprint density at radius 1 is 1.26 bits per heavy atom. The predicted molar refractivity (Wildman–Crippen MR) is 89.1 cm³/mol. The molecular formula is C18H21N5. The van der Waals surface area contributed by atoms with Crippen LogP contribution in [0.15, 0.2) is 36.7 Å². The van der Waals surface area contributed by atoms with Crippen molar-refractivity contribution in [1.82, 2.24) is 24.5 Å². The Kier molecular flexibility index (Phi) is 3.58. The van der Waals surface area contributed by atoms with Crippen molar-refractivity contribution >= 4 is 5.65 Å². The van der Waals surface area contributed by atoms with E-state index < -0.39 is 0 Å². The third kappa shape index (κ3) is 2.61. The van der Waals surface area contributed by atoms with E-state index in [1.165, 1.54) is 24.1 Å². The zero-order chi connectivity index (χ0) is 15.8. The van der Waals surface area contributed by atoms with Crippen LogP contribution in [-0.4, -0.2) is 31.0 Å². The van der Waals surface area contributed by atoms with Gasteiger partial charge in [-0.3, -0.25) is 9.88 Å². The van der Waals surface area contributed by atoms with E-state index in [0.29, 0.717) is 6.04 Å². The summed E-state index contributed by atoms with van der Waals surface area (Å²) in [7, 11) is 0. The minimum Gasteiger partial charge on any atom is -0.290 e. The highest BCUT2D eigenvalue weighted by atomic mass is 15.3. The second-order valence-corrected chi connectivity index (χ2v) is 6.33. The highest BCUT2D eigenvalue weighted by molar-refractivity contribution is 5.48. The van der Waals surface area contributed by atoms with Gasteiger partial charge in [0.25, 0.3) is 0 Å².